The fourth-order valence-electron chi connectivity index (χ4n) is 2.14. The van der Waals surface area contributed by atoms with Crippen LogP contribution in [0.5, 0.6) is 5.75 Å². The van der Waals surface area contributed by atoms with Crippen LogP contribution in [0.1, 0.15) is 22.8 Å². The monoisotopic (exact) mass is 323 g/mol. The fraction of sp³-hybridized carbons (Fsp3) is 0.235. The van der Waals surface area contributed by atoms with Crippen molar-refractivity contribution in [3.05, 3.63) is 65.5 Å². The Bertz CT molecular complexity index is 659. The van der Waals surface area contributed by atoms with Crippen LogP contribution in [0.15, 0.2) is 48.5 Å². The van der Waals surface area contributed by atoms with Gasteiger partial charge in [-0.05, 0) is 48.9 Å². The van der Waals surface area contributed by atoms with E-state index in [0.717, 1.165) is 0 Å². The highest BCUT2D eigenvalue weighted by atomic mass is 19.3. The van der Waals surface area contributed by atoms with Gasteiger partial charge < -0.3 is 9.64 Å². The van der Waals surface area contributed by atoms with Crippen molar-refractivity contribution in [2.45, 2.75) is 20.1 Å². The first-order chi connectivity index (χ1) is 11.0. The van der Waals surface area contributed by atoms with E-state index >= 15 is 0 Å². The molecule has 2 aromatic rings. The summed E-state index contributed by atoms with van der Waals surface area (Å²) >= 11 is 0. The Morgan fingerprint density at radius 1 is 1.17 bits per heavy atom. The van der Waals surface area contributed by atoms with Crippen molar-refractivity contribution in [2.75, 3.05) is 6.54 Å². The zero-order valence-electron chi connectivity index (χ0n) is 12.5. The van der Waals surface area contributed by atoms with E-state index in [4.69, 9.17) is 0 Å². The van der Waals surface area contributed by atoms with Gasteiger partial charge in [0.25, 0.3) is 5.91 Å². The van der Waals surface area contributed by atoms with E-state index in [0.29, 0.717) is 17.7 Å². The van der Waals surface area contributed by atoms with Gasteiger partial charge in [-0.3, -0.25) is 4.79 Å². The summed E-state index contributed by atoms with van der Waals surface area (Å²) in [5.41, 5.74) is 1.03. The van der Waals surface area contributed by atoms with E-state index in [-0.39, 0.29) is 24.0 Å². The highest BCUT2D eigenvalue weighted by molar-refractivity contribution is 5.94. The molecule has 2 aromatic carbocycles. The molecule has 0 unspecified atom stereocenters. The van der Waals surface area contributed by atoms with Crippen LogP contribution in [-0.4, -0.2) is 24.0 Å². The number of alkyl halides is 2. The lowest BCUT2D eigenvalue weighted by molar-refractivity contribution is -0.0498. The minimum atomic E-state index is -2.91. The quantitative estimate of drug-likeness (QED) is 0.801. The zero-order valence-corrected chi connectivity index (χ0v) is 12.5. The Morgan fingerprint density at radius 3 is 2.43 bits per heavy atom. The van der Waals surface area contributed by atoms with Crippen LogP contribution in [0.2, 0.25) is 0 Å². The highest BCUT2D eigenvalue weighted by Crippen LogP contribution is 2.17. The van der Waals surface area contributed by atoms with Crippen LogP contribution in [0.25, 0.3) is 0 Å². The first kappa shape index (κ1) is 16.9. The Hall–Kier alpha value is -2.50. The summed E-state index contributed by atoms with van der Waals surface area (Å²) in [6.07, 6.45) is 0. The lowest BCUT2D eigenvalue weighted by Crippen LogP contribution is -2.30. The number of halogens is 3. The van der Waals surface area contributed by atoms with Crippen LogP contribution < -0.4 is 4.74 Å². The molecule has 0 saturated carbocycles. The first-order valence-corrected chi connectivity index (χ1v) is 7.08. The summed E-state index contributed by atoms with van der Waals surface area (Å²) in [4.78, 5) is 14.0. The largest absolute Gasteiger partial charge is 0.435 e. The third kappa shape index (κ3) is 4.74. The Labute approximate surface area is 132 Å². The lowest BCUT2D eigenvalue weighted by atomic mass is 10.1. The second-order valence-corrected chi connectivity index (χ2v) is 4.85. The molecule has 23 heavy (non-hydrogen) atoms. The van der Waals surface area contributed by atoms with Crippen molar-refractivity contribution < 1.29 is 22.7 Å². The average Bonchev–Trinajstić information content (AvgIpc) is 2.52. The number of rotatable bonds is 6. The highest BCUT2D eigenvalue weighted by Gasteiger charge is 2.15. The van der Waals surface area contributed by atoms with Gasteiger partial charge in [-0.1, -0.05) is 12.1 Å². The molecule has 0 aliphatic carbocycles. The van der Waals surface area contributed by atoms with Crippen molar-refractivity contribution >= 4 is 5.91 Å². The van der Waals surface area contributed by atoms with Crippen molar-refractivity contribution in [2.24, 2.45) is 0 Å². The van der Waals surface area contributed by atoms with Crippen LogP contribution in [0.4, 0.5) is 13.2 Å². The predicted molar refractivity (Wildman–Crippen MR) is 79.9 cm³/mol. The maximum Gasteiger partial charge on any atom is 0.387 e. The molecule has 3 nitrogen and oxygen atoms in total. The van der Waals surface area contributed by atoms with Crippen LogP contribution in [0.3, 0.4) is 0 Å². The van der Waals surface area contributed by atoms with Gasteiger partial charge in [-0.2, -0.15) is 8.78 Å². The number of amides is 1. The standard InChI is InChI=1S/C17H16F3NO2/c1-2-21(11-12-4-3-5-14(18)10-12)16(22)13-6-8-15(9-7-13)23-17(19)20/h3-10,17H,2,11H2,1H3. The van der Waals surface area contributed by atoms with Gasteiger partial charge in [-0.15, -0.1) is 0 Å². The molecule has 6 heteroatoms. The van der Waals surface area contributed by atoms with Crippen LogP contribution >= 0.6 is 0 Å². The van der Waals surface area contributed by atoms with Crippen molar-refractivity contribution in [3.63, 3.8) is 0 Å². The third-order valence-corrected chi connectivity index (χ3v) is 3.26. The van der Waals surface area contributed by atoms with Crippen molar-refractivity contribution in [3.8, 4) is 5.75 Å². The molecular weight excluding hydrogens is 307 g/mol. The average molecular weight is 323 g/mol. The minimum Gasteiger partial charge on any atom is -0.435 e. The molecule has 122 valence electrons. The number of ether oxygens (including phenoxy) is 1. The van der Waals surface area contributed by atoms with Gasteiger partial charge in [0.15, 0.2) is 0 Å². The number of carbonyl (C=O) groups excluding carboxylic acids is 1. The molecule has 0 heterocycles. The van der Waals surface area contributed by atoms with E-state index < -0.39 is 6.61 Å². The maximum absolute atomic E-state index is 13.2. The predicted octanol–water partition coefficient (Wildman–Crippen LogP) is 4.09. The normalized spacial score (nSPS) is 10.7. The van der Waals surface area contributed by atoms with Crippen LogP contribution in [0, 0.1) is 5.82 Å². The molecule has 0 radical (unpaired) electrons. The summed E-state index contributed by atoms with van der Waals surface area (Å²) in [7, 11) is 0. The Balaban J connectivity index is 2.10. The second-order valence-electron chi connectivity index (χ2n) is 4.85. The molecule has 0 bridgehead atoms. The van der Waals surface area contributed by atoms with E-state index in [1.165, 1.54) is 41.3 Å². The molecule has 0 atom stereocenters. The van der Waals surface area contributed by atoms with Gasteiger partial charge in [0.2, 0.25) is 0 Å². The molecule has 0 spiro atoms. The number of hydrogen-bond acceptors (Lipinski definition) is 2. The zero-order chi connectivity index (χ0) is 16.8. The SMILES string of the molecule is CCN(Cc1cccc(F)c1)C(=O)c1ccc(OC(F)F)cc1. The van der Waals surface area contributed by atoms with Gasteiger partial charge in [-0.25, -0.2) is 4.39 Å². The summed E-state index contributed by atoms with van der Waals surface area (Å²) in [6.45, 7) is -0.393. The lowest BCUT2D eigenvalue weighted by Gasteiger charge is -2.21. The number of carbonyl (C=O) groups is 1. The second kappa shape index (κ2) is 7.67. The Morgan fingerprint density at radius 2 is 1.87 bits per heavy atom. The van der Waals surface area contributed by atoms with Crippen molar-refractivity contribution in [1.82, 2.24) is 4.90 Å². The molecule has 0 aliphatic heterocycles. The fourth-order valence-corrected chi connectivity index (χ4v) is 2.14. The number of benzene rings is 2. The van der Waals surface area contributed by atoms with Gasteiger partial charge >= 0.3 is 6.61 Å². The molecule has 0 saturated heterocycles. The smallest absolute Gasteiger partial charge is 0.387 e. The minimum absolute atomic E-state index is 0.00951. The summed E-state index contributed by atoms with van der Waals surface area (Å²) in [6, 6.07) is 11.5. The number of nitrogens with zero attached hydrogens (tertiary/aromatic N) is 1. The molecule has 2 rings (SSSR count). The molecule has 1 amide bonds. The molecular formula is C17H16F3NO2. The first-order valence-electron chi connectivity index (χ1n) is 7.08. The van der Waals surface area contributed by atoms with E-state index in [9.17, 15) is 18.0 Å². The van der Waals surface area contributed by atoms with E-state index in [1.807, 2.05) is 6.92 Å². The third-order valence-electron chi connectivity index (χ3n) is 3.26. The maximum atomic E-state index is 13.2. The topological polar surface area (TPSA) is 29.5 Å². The summed E-state index contributed by atoms with van der Waals surface area (Å²) in [5.74, 6) is -0.635. The summed E-state index contributed by atoms with van der Waals surface area (Å²) in [5, 5.41) is 0. The van der Waals surface area contributed by atoms with Gasteiger partial charge in [0, 0.05) is 18.7 Å². The Kier molecular flexibility index (Phi) is 5.62. The molecule has 0 N–H and O–H groups in total. The van der Waals surface area contributed by atoms with Gasteiger partial charge in [0.1, 0.15) is 11.6 Å². The molecule has 0 aromatic heterocycles. The van der Waals surface area contributed by atoms with Gasteiger partial charge in [0.05, 0.1) is 0 Å². The van der Waals surface area contributed by atoms with Crippen molar-refractivity contribution in [1.29, 1.82) is 0 Å². The summed E-state index contributed by atoms with van der Waals surface area (Å²) < 4.78 is 41.7. The molecule has 0 aliphatic rings. The van der Waals surface area contributed by atoms with E-state index in [1.54, 1.807) is 12.1 Å². The van der Waals surface area contributed by atoms with E-state index in [2.05, 4.69) is 4.74 Å². The number of hydrogen-bond donors (Lipinski definition) is 0. The van der Waals surface area contributed by atoms with Crippen LogP contribution in [-0.2, 0) is 6.54 Å². The molecule has 0 fully saturated rings.